The van der Waals surface area contributed by atoms with Crippen LogP contribution in [0, 0.1) is 0 Å². The smallest absolute Gasteiger partial charge is 0.119 e. The van der Waals surface area contributed by atoms with Gasteiger partial charge in [0.25, 0.3) is 0 Å². The average molecular weight is 571 g/mol. The van der Waals surface area contributed by atoms with Crippen molar-refractivity contribution in [2.45, 2.75) is 19.8 Å². The normalized spacial score (nSPS) is 11.2. The molecule has 0 fully saturated rings. The molecule has 0 saturated heterocycles. The van der Waals surface area contributed by atoms with E-state index >= 15 is 0 Å². The first-order chi connectivity index (χ1) is 21.2. The van der Waals surface area contributed by atoms with Crippen LogP contribution in [0.25, 0.3) is 11.1 Å². The highest BCUT2D eigenvalue weighted by Crippen LogP contribution is 2.26. The fourth-order valence-corrected chi connectivity index (χ4v) is 4.07. The lowest BCUT2D eigenvalue weighted by Gasteiger charge is -2.09. The molecular formula is C36H34N4O3. The lowest BCUT2D eigenvalue weighted by atomic mass is 10.1. The molecule has 5 aromatic carbocycles. The Morgan fingerprint density at radius 3 is 1.16 bits per heavy atom. The lowest BCUT2D eigenvalue weighted by Crippen LogP contribution is -2.04. The molecule has 0 heterocycles. The molecule has 43 heavy (non-hydrogen) atoms. The van der Waals surface area contributed by atoms with E-state index in [1.165, 1.54) is 0 Å². The Morgan fingerprint density at radius 2 is 0.744 bits per heavy atom. The molecule has 0 N–H and O–H groups in total. The molecule has 0 saturated carbocycles. The van der Waals surface area contributed by atoms with Crippen LogP contribution in [0.3, 0.4) is 0 Å². The van der Waals surface area contributed by atoms with Gasteiger partial charge in [0.2, 0.25) is 0 Å². The molecular weight excluding hydrogens is 536 g/mol. The minimum atomic E-state index is 0.555. The maximum Gasteiger partial charge on any atom is 0.119 e. The van der Waals surface area contributed by atoms with Crippen molar-refractivity contribution in [3.8, 4) is 28.4 Å². The van der Waals surface area contributed by atoms with Crippen LogP contribution in [0.4, 0.5) is 22.7 Å². The van der Waals surface area contributed by atoms with Gasteiger partial charge in [0, 0.05) is 6.42 Å². The van der Waals surface area contributed by atoms with E-state index in [2.05, 4.69) is 51.6 Å². The van der Waals surface area contributed by atoms with Gasteiger partial charge < -0.3 is 14.2 Å². The second kappa shape index (κ2) is 15.6. The van der Waals surface area contributed by atoms with Gasteiger partial charge in [-0.1, -0.05) is 49.4 Å². The molecule has 0 atom stereocenters. The van der Waals surface area contributed by atoms with Gasteiger partial charge in [0.05, 0.1) is 42.6 Å². The van der Waals surface area contributed by atoms with Crippen LogP contribution in [0.2, 0.25) is 0 Å². The molecule has 0 radical (unpaired) electrons. The van der Waals surface area contributed by atoms with E-state index in [0.717, 1.165) is 70.6 Å². The summed E-state index contributed by atoms with van der Waals surface area (Å²) in [6.07, 6.45) is 1.77. The van der Waals surface area contributed by atoms with E-state index in [9.17, 15) is 0 Å². The van der Waals surface area contributed by atoms with Crippen molar-refractivity contribution in [2.24, 2.45) is 20.5 Å². The van der Waals surface area contributed by atoms with E-state index in [-0.39, 0.29) is 0 Å². The summed E-state index contributed by atoms with van der Waals surface area (Å²) in [6, 6.07) is 40.9. The highest BCUT2D eigenvalue weighted by Gasteiger charge is 2.02. The van der Waals surface area contributed by atoms with E-state index < -0.39 is 0 Å². The topological polar surface area (TPSA) is 77.1 Å². The van der Waals surface area contributed by atoms with Gasteiger partial charge in [-0.3, -0.25) is 0 Å². The number of hydrogen-bond donors (Lipinski definition) is 0. The van der Waals surface area contributed by atoms with Crippen molar-refractivity contribution < 1.29 is 14.2 Å². The maximum atomic E-state index is 5.89. The standard InChI is InChI=1S/C36H34N4O3/c1-2-25-41-34-19-9-28(10-20-34)29-11-21-35(22-12-29)42-26-6-27-43-36-23-17-33(18-24-36)40-39-32-15-13-31(14-16-32)38-37-30-7-4-3-5-8-30/h3-5,7-24H,2,6,25-27H2,1H3. The monoisotopic (exact) mass is 570 g/mol. The molecule has 5 aromatic rings. The van der Waals surface area contributed by atoms with Gasteiger partial charge in [-0.25, -0.2) is 0 Å². The van der Waals surface area contributed by atoms with Crippen molar-refractivity contribution in [1.82, 2.24) is 0 Å². The summed E-state index contributed by atoms with van der Waals surface area (Å²) >= 11 is 0. The minimum absolute atomic E-state index is 0.555. The van der Waals surface area contributed by atoms with Crippen LogP contribution in [-0.2, 0) is 0 Å². The van der Waals surface area contributed by atoms with E-state index in [1.807, 2.05) is 103 Å². The predicted octanol–water partition coefficient (Wildman–Crippen LogP) is 10.8. The largest absolute Gasteiger partial charge is 0.494 e. The first-order valence-electron chi connectivity index (χ1n) is 14.4. The third-order valence-corrected chi connectivity index (χ3v) is 6.35. The van der Waals surface area contributed by atoms with Crippen LogP contribution in [-0.4, -0.2) is 19.8 Å². The van der Waals surface area contributed by atoms with Crippen molar-refractivity contribution in [3.63, 3.8) is 0 Å². The molecule has 216 valence electrons. The van der Waals surface area contributed by atoms with Crippen LogP contribution >= 0.6 is 0 Å². The Hall–Kier alpha value is -5.30. The van der Waals surface area contributed by atoms with Gasteiger partial charge >= 0.3 is 0 Å². The molecule has 0 spiro atoms. The second-order valence-electron chi connectivity index (χ2n) is 9.69. The Kier molecular flexibility index (Phi) is 10.6. The van der Waals surface area contributed by atoms with Gasteiger partial charge in [-0.2, -0.15) is 20.5 Å². The molecule has 0 aliphatic carbocycles. The molecule has 0 bridgehead atoms. The number of rotatable bonds is 14. The van der Waals surface area contributed by atoms with Crippen LogP contribution < -0.4 is 14.2 Å². The van der Waals surface area contributed by atoms with Gasteiger partial charge in [-0.15, -0.1) is 0 Å². The number of hydrogen-bond acceptors (Lipinski definition) is 7. The average Bonchev–Trinajstić information content (AvgIpc) is 3.07. The highest BCUT2D eigenvalue weighted by atomic mass is 16.5. The van der Waals surface area contributed by atoms with Gasteiger partial charge in [0.1, 0.15) is 17.2 Å². The van der Waals surface area contributed by atoms with Crippen LogP contribution in [0.1, 0.15) is 19.8 Å². The quantitative estimate of drug-likeness (QED) is 0.0984. The van der Waals surface area contributed by atoms with E-state index in [0.29, 0.717) is 13.2 Å². The summed E-state index contributed by atoms with van der Waals surface area (Å²) in [5.74, 6) is 2.52. The van der Waals surface area contributed by atoms with Crippen molar-refractivity contribution in [3.05, 3.63) is 127 Å². The first kappa shape index (κ1) is 29.2. The summed E-state index contributed by atoms with van der Waals surface area (Å²) in [4.78, 5) is 0. The van der Waals surface area contributed by atoms with Gasteiger partial charge in [-0.05, 0) is 102 Å². The van der Waals surface area contributed by atoms with Crippen LogP contribution in [0.15, 0.2) is 148 Å². The summed E-state index contributed by atoms with van der Waals surface area (Å²) in [6.45, 7) is 3.96. The number of azo groups is 2. The predicted molar refractivity (Wildman–Crippen MR) is 171 cm³/mol. The fourth-order valence-electron chi connectivity index (χ4n) is 4.07. The van der Waals surface area contributed by atoms with Crippen molar-refractivity contribution in [1.29, 1.82) is 0 Å². The summed E-state index contributed by atoms with van der Waals surface area (Å²) in [7, 11) is 0. The lowest BCUT2D eigenvalue weighted by molar-refractivity contribution is 0.247. The highest BCUT2D eigenvalue weighted by molar-refractivity contribution is 5.65. The van der Waals surface area contributed by atoms with Crippen LogP contribution in [0.5, 0.6) is 17.2 Å². The molecule has 7 heteroatoms. The maximum absolute atomic E-state index is 5.89. The SMILES string of the molecule is CCCOc1ccc(-c2ccc(OCCCOc3ccc(N=Nc4ccc(N=Nc5ccccc5)cc4)cc3)cc2)cc1. The molecule has 0 unspecified atom stereocenters. The number of benzene rings is 5. The second-order valence-corrected chi connectivity index (χ2v) is 9.69. The third kappa shape index (κ3) is 9.36. The Balaban J connectivity index is 1.01. The zero-order valence-electron chi connectivity index (χ0n) is 24.2. The summed E-state index contributed by atoms with van der Waals surface area (Å²) in [5.41, 5.74) is 5.33. The molecule has 0 amide bonds. The van der Waals surface area contributed by atoms with Gasteiger partial charge in [0.15, 0.2) is 0 Å². The minimum Gasteiger partial charge on any atom is -0.494 e. The third-order valence-electron chi connectivity index (χ3n) is 6.35. The van der Waals surface area contributed by atoms with E-state index in [4.69, 9.17) is 14.2 Å². The number of nitrogens with zero attached hydrogens (tertiary/aromatic N) is 4. The van der Waals surface area contributed by atoms with Crippen molar-refractivity contribution >= 4 is 22.7 Å². The molecule has 0 aliphatic rings. The Bertz CT molecular complexity index is 1580. The zero-order chi connectivity index (χ0) is 29.5. The molecule has 0 aliphatic heterocycles. The molecule has 0 aromatic heterocycles. The molecule has 7 nitrogen and oxygen atoms in total. The summed E-state index contributed by atoms with van der Waals surface area (Å²) in [5, 5.41) is 17.1. The molecule has 5 rings (SSSR count). The fraction of sp³-hybridized carbons (Fsp3) is 0.167. The van der Waals surface area contributed by atoms with Crippen molar-refractivity contribution in [2.75, 3.05) is 19.8 Å². The Morgan fingerprint density at radius 1 is 0.395 bits per heavy atom. The zero-order valence-corrected chi connectivity index (χ0v) is 24.2. The Labute approximate surface area is 252 Å². The summed E-state index contributed by atoms with van der Waals surface area (Å²) < 4.78 is 17.4. The first-order valence-corrected chi connectivity index (χ1v) is 14.4. The number of ether oxygens (including phenoxy) is 3. The van der Waals surface area contributed by atoms with E-state index in [1.54, 1.807) is 0 Å².